The third-order valence-corrected chi connectivity index (χ3v) is 3.61. The standard InChI is InChI=1S/C21H25N3O5/c1-21(2,3)29-20(27)23-13-18(25)24-17(15-8-5-4-6-9-15)14-28-19(26)16-10-7-11-22-12-16/h4-12,17H,13-14H2,1-3H3,(H,23,27)(H,24,25). The molecular weight excluding hydrogens is 374 g/mol. The van der Waals surface area contributed by atoms with Gasteiger partial charge in [0.05, 0.1) is 11.6 Å². The van der Waals surface area contributed by atoms with Gasteiger partial charge in [0, 0.05) is 12.4 Å². The highest BCUT2D eigenvalue weighted by atomic mass is 16.6. The second-order valence-corrected chi connectivity index (χ2v) is 7.23. The summed E-state index contributed by atoms with van der Waals surface area (Å²) in [5, 5.41) is 5.15. The molecule has 2 rings (SSSR count). The number of benzene rings is 1. The van der Waals surface area contributed by atoms with Crippen LogP contribution in [0.3, 0.4) is 0 Å². The second-order valence-electron chi connectivity index (χ2n) is 7.23. The first-order valence-electron chi connectivity index (χ1n) is 9.13. The van der Waals surface area contributed by atoms with Crippen LogP contribution in [0.2, 0.25) is 0 Å². The van der Waals surface area contributed by atoms with Crippen LogP contribution in [-0.4, -0.2) is 41.7 Å². The van der Waals surface area contributed by atoms with Crippen LogP contribution in [-0.2, 0) is 14.3 Å². The van der Waals surface area contributed by atoms with Crippen molar-refractivity contribution in [3.63, 3.8) is 0 Å². The Bertz CT molecular complexity index is 819. The summed E-state index contributed by atoms with van der Waals surface area (Å²) in [4.78, 5) is 40.0. The van der Waals surface area contributed by atoms with Crippen molar-refractivity contribution in [2.45, 2.75) is 32.4 Å². The first-order chi connectivity index (χ1) is 13.7. The zero-order chi connectivity index (χ0) is 21.3. The van der Waals surface area contributed by atoms with Gasteiger partial charge >= 0.3 is 12.1 Å². The Morgan fingerprint density at radius 1 is 1.07 bits per heavy atom. The number of esters is 1. The number of nitrogens with zero attached hydrogens (tertiary/aromatic N) is 1. The summed E-state index contributed by atoms with van der Waals surface area (Å²) in [5.41, 5.74) is 0.419. The number of ether oxygens (including phenoxy) is 2. The van der Waals surface area contributed by atoms with Crippen LogP contribution in [0, 0.1) is 0 Å². The van der Waals surface area contributed by atoms with Crippen LogP contribution >= 0.6 is 0 Å². The van der Waals surface area contributed by atoms with Crippen LogP contribution in [0.25, 0.3) is 0 Å². The zero-order valence-corrected chi connectivity index (χ0v) is 16.7. The predicted octanol–water partition coefficient (Wildman–Crippen LogP) is 2.62. The maximum Gasteiger partial charge on any atom is 0.408 e. The third-order valence-electron chi connectivity index (χ3n) is 3.61. The fourth-order valence-electron chi connectivity index (χ4n) is 2.34. The van der Waals surface area contributed by atoms with Crippen LogP contribution in [0.15, 0.2) is 54.9 Å². The predicted molar refractivity (Wildman–Crippen MR) is 106 cm³/mol. The van der Waals surface area contributed by atoms with E-state index in [0.717, 1.165) is 5.56 Å². The molecule has 0 saturated heterocycles. The number of alkyl carbamates (subject to hydrolysis) is 1. The molecule has 2 amide bonds. The molecule has 1 atom stereocenters. The number of carbonyl (C=O) groups is 3. The van der Waals surface area contributed by atoms with Gasteiger partial charge in [-0.25, -0.2) is 9.59 Å². The molecule has 154 valence electrons. The smallest absolute Gasteiger partial charge is 0.408 e. The molecule has 0 bridgehead atoms. The zero-order valence-electron chi connectivity index (χ0n) is 16.7. The van der Waals surface area contributed by atoms with Crippen molar-refractivity contribution < 1.29 is 23.9 Å². The topological polar surface area (TPSA) is 107 Å². The number of aromatic nitrogens is 1. The summed E-state index contributed by atoms with van der Waals surface area (Å²) >= 11 is 0. The maximum atomic E-state index is 12.3. The molecule has 0 saturated carbocycles. The summed E-state index contributed by atoms with van der Waals surface area (Å²) in [6, 6.07) is 11.7. The van der Waals surface area contributed by atoms with Crippen molar-refractivity contribution >= 4 is 18.0 Å². The summed E-state index contributed by atoms with van der Waals surface area (Å²) in [5.74, 6) is -0.984. The van der Waals surface area contributed by atoms with Crippen LogP contribution in [0.1, 0.15) is 42.7 Å². The highest BCUT2D eigenvalue weighted by Crippen LogP contribution is 2.14. The van der Waals surface area contributed by atoms with Crippen molar-refractivity contribution in [2.24, 2.45) is 0 Å². The van der Waals surface area contributed by atoms with Crippen molar-refractivity contribution in [3.05, 3.63) is 66.0 Å². The lowest BCUT2D eigenvalue weighted by atomic mass is 10.1. The minimum atomic E-state index is -0.688. The number of hydrogen-bond donors (Lipinski definition) is 2. The van der Waals surface area contributed by atoms with E-state index in [9.17, 15) is 14.4 Å². The number of carbonyl (C=O) groups excluding carboxylic acids is 3. The fraction of sp³-hybridized carbons (Fsp3) is 0.333. The molecule has 2 aromatic rings. The van der Waals surface area contributed by atoms with E-state index in [1.54, 1.807) is 39.1 Å². The molecule has 1 heterocycles. The van der Waals surface area contributed by atoms with E-state index in [1.165, 1.54) is 6.20 Å². The lowest BCUT2D eigenvalue weighted by Gasteiger charge is -2.21. The van der Waals surface area contributed by atoms with Crippen LogP contribution in [0.5, 0.6) is 0 Å². The Labute approximate surface area is 169 Å². The Morgan fingerprint density at radius 3 is 2.41 bits per heavy atom. The average Bonchev–Trinajstić information content (AvgIpc) is 2.69. The molecule has 8 heteroatoms. The number of amides is 2. The largest absolute Gasteiger partial charge is 0.459 e. The Hall–Kier alpha value is -3.42. The van der Waals surface area contributed by atoms with Gasteiger partial charge in [-0.15, -0.1) is 0 Å². The van der Waals surface area contributed by atoms with Gasteiger partial charge in [0.2, 0.25) is 5.91 Å². The average molecular weight is 399 g/mol. The van der Waals surface area contributed by atoms with E-state index in [0.29, 0.717) is 5.56 Å². The lowest BCUT2D eigenvalue weighted by Crippen LogP contribution is -2.41. The van der Waals surface area contributed by atoms with Crippen molar-refractivity contribution in [1.29, 1.82) is 0 Å². The molecule has 29 heavy (non-hydrogen) atoms. The normalized spacial score (nSPS) is 11.8. The molecule has 1 aromatic heterocycles. The number of hydrogen-bond acceptors (Lipinski definition) is 6. The second kappa shape index (κ2) is 10.2. The molecule has 0 spiro atoms. The quantitative estimate of drug-likeness (QED) is 0.693. The van der Waals surface area contributed by atoms with E-state index < -0.39 is 29.6 Å². The van der Waals surface area contributed by atoms with E-state index in [4.69, 9.17) is 9.47 Å². The number of nitrogens with one attached hydrogen (secondary N) is 2. The Kier molecular flexibility index (Phi) is 7.70. The van der Waals surface area contributed by atoms with E-state index in [-0.39, 0.29) is 13.2 Å². The van der Waals surface area contributed by atoms with Gasteiger partial charge in [-0.05, 0) is 38.5 Å². The fourth-order valence-corrected chi connectivity index (χ4v) is 2.34. The van der Waals surface area contributed by atoms with Crippen molar-refractivity contribution in [1.82, 2.24) is 15.6 Å². The highest BCUT2D eigenvalue weighted by Gasteiger charge is 2.20. The first-order valence-corrected chi connectivity index (χ1v) is 9.13. The van der Waals surface area contributed by atoms with Crippen LogP contribution < -0.4 is 10.6 Å². The van der Waals surface area contributed by atoms with Crippen molar-refractivity contribution in [3.8, 4) is 0 Å². The lowest BCUT2D eigenvalue weighted by molar-refractivity contribution is -0.121. The molecule has 1 unspecified atom stereocenters. The third kappa shape index (κ3) is 8.00. The minimum Gasteiger partial charge on any atom is -0.459 e. The molecule has 1 aromatic carbocycles. The molecule has 0 radical (unpaired) electrons. The van der Waals surface area contributed by atoms with E-state index in [1.807, 2.05) is 30.3 Å². The van der Waals surface area contributed by atoms with Crippen molar-refractivity contribution in [2.75, 3.05) is 13.2 Å². The van der Waals surface area contributed by atoms with Crippen LogP contribution in [0.4, 0.5) is 4.79 Å². The minimum absolute atomic E-state index is 0.0735. The van der Waals surface area contributed by atoms with Gasteiger partial charge in [0.15, 0.2) is 0 Å². The highest BCUT2D eigenvalue weighted by molar-refractivity contribution is 5.89. The molecule has 8 nitrogen and oxygen atoms in total. The van der Waals surface area contributed by atoms with E-state index >= 15 is 0 Å². The Balaban J connectivity index is 1.95. The molecule has 0 aliphatic carbocycles. The van der Waals surface area contributed by atoms with Gasteiger partial charge in [-0.1, -0.05) is 30.3 Å². The van der Waals surface area contributed by atoms with E-state index in [2.05, 4.69) is 15.6 Å². The van der Waals surface area contributed by atoms with Gasteiger partial charge in [0.1, 0.15) is 18.8 Å². The molecule has 2 N–H and O–H groups in total. The molecule has 0 fully saturated rings. The summed E-state index contributed by atoms with van der Waals surface area (Å²) < 4.78 is 10.4. The first kappa shape index (κ1) is 21.9. The summed E-state index contributed by atoms with van der Waals surface area (Å²) in [6.45, 7) is 4.85. The molecule has 0 aliphatic rings. The van der Waals surface area contributed by atoms with Gasteiger partial charge in [0.25, 0.3) is 0 Å². The molecular formula is C21H25N3O5. The van der Waals surface area contributed by atoms with Gasteiger partial charge in [-0.2, -0.15) is 0 Å². The monoisotopic (exact) mass is 399 g/mol. The summed E-state index contributed by atoms with van der Waals surface area (Å²) in [7, 11) is 0. The van der Waals surface area contributed by atoms with Gasteiger partial charge in [-0.3, -0.25) is 9.78 Å². The molecule has 0 aliphatic heterocycles. The SMILES string of the molecule is CC(C)(C)OC(=O)NCC(=O)NC(COC(=O)c1cccnc1)c1ccccc1. The maximum absolute atomic E-state index is 12.3. The summed E-state index contributed by atoms with van der Waals surface area (Å²) in [6.07, 6.45) is 2.27. The van der Waals surface area contributed by atoms with Gasteiger partial charge < -0.3 is 20.1 Å². The number of rotatable bonds is 7. The number of pyridine rings is 1. The Morgan fingerprint density at radius 2 is 1.79 bits per heavy atom.